The van der Waals surface area contributed by atoms with E-state index in [9.17, 15) is 4.79 Å². The molecule has 1 aromatic carbocycles. The van der Waals surface area contributed by atoms with Gasteiger partial charge in [-0.15, -0.1) is 0 Å². The average Bonchev–Trinajstić information content (AvgIpc) is 3.78. The first-order valence-corrected chi connectivity index (χ1v) is 13.1. The number of esters is 1. The molecule has 1 aliphatic heterocycles. The van der Waals surface area contributed by atoms with Crippen LogP contribution in [0.25, 0.3) is 0 Å². The van der Waals surface area contributed by atoms with Crippen molar-refractivity contribution in [1.82, 2.24) is 0 Å². The van der Waals surface area contributed by atoms with E-state index in [0.29, 0.717) is 0 Å². The molecule has 0 amide bonds. The van der Waals surface area contributed by atoms with Gasteiger partial charge in [-0.25, -0.2) is 4.79 Å². The summed E-state index contributed by atoms with van der Waals surface area (Å²) in [6.07, 6.45) is 0. The zero-order valence-corrected chi connectivity index (χ0v) is 30.0. The molecule has 0 saturated heterocycles. The molecule has 46 heavy (non-hydrogen) atoms. The molecular formula is C30H20Mo2O12P2. The van der Waals surface area contributed by atoms with E-state index in [4.69, 9.17) is 51.3 Å². The van der Waals surface area contributed by atoms with Crippen molar-refractivity contribution in [2.24, 2.45) is 0 Å². The Kier molecular flexibility index (Phi) is 66.3. The van der Waals surface area contributed by atoms with Crippen molar-refractivity contribution in [1.29, 1.82) is 0 Å². The third-order valence-corrected chi connectivity index (χ3v) is 11.1. The van der Waals surface area contributed by atoms with Crippen molar-refractivity contribution in [3.05, 3.63) is 147 Å². The topological polar surface area (TPSA) is 225 Å². The maximum Gasteiger partial charge on any atom is 0 e. The van der Waals surface area contributed by atoms with E-state index in [0.717, 1.165) is 11.1 Å². The molecule has 0 unspecified atom stereocenters. The van der Waals surface area contributed by atoms with Crippen LogP contribution in [0.5, 0.6) is 0 Å². The molecule has 0 spiro atoms. The zero-order valence-electron chi connectivity index (χ0n) is 24.2. The number of cyclic esters (lactones) is 1. The molecule has 0 atom stereocenters. The monoisotopic (exact) mass is 830 g/mol. The summed E-state index contributed by atoms with van der Waals surface area (Å²) in [7, 11) is -1.40. The fourth-order valence-corrected chi connectivity index (χ4v) is 9.78. The van der Waals surface area contributed by atoms with Gasteiger partial charge in [-0.05, 0) is 79.2 Å². The first-order chi connectivity index (χ1) is 21.4. The maximum atomic E-state index is 12.6. The number of rotatable bonds is 2. The van der Waals surface area contributed by atoms with E-state index >= 15 is 0 Å². The van der Waals surface area contributed by atoms with Gasteiger partial charge in [-0.1, -0.05) is 33.3 Å². The number of carbonyl (C=O) groups excluding carboxylic acids is 1. The number of aryl methyl sites for hydroxylation is 4. The van der Waals surface area contributed by atoms with Crippen LogP contribution in [0.4, 0.5) is 0 Å². The Balaban J connectivity index is -0.0000000769. The minimum atomic E-state index is -0.699. The van der Waals surface area contributed by atoms with Gasteiger partial charge in [0.2, 0.25) is 5.08 Å². The molecule has 12 nitrogen and oxygen atoms in total. The van der Waals surface area contributed by atoms with Gasteiger partial charge in [0, 0.05) is 47.7 Å². The number of benzene rings is 1. The Hall–Kier alpha value is -2.97. The number of fused-ring (bicyclic) bond motifs is 1. The Morgan fingerprint density at radius 3 is 1.00 bits per heavy atom. The number of ether oxygens (including phenoxy) is 1. The van der Waals surface area contributed by atoms with E-state index in [-0.39, 0.29) is 48.1 Å². The first kappa shape index (κ1) is 65.6. The smallest absolute Gasteiger partial charge is 0 e. The second-order valence-electron chi connectivity index (χ2n) is 6.61. The average molecular weight is 826 g/mol. The predicted octanol–water partition coefficient (Wildman–Crippen LogP) is 5.89. The standard InChI is InChI=1S/C20H20O2P2.10CO.2Mo/c1-13-9-23(10-14(13)2)20(24-11-15(3)16(4)12-24)18-8-6-5-7-17(18)19(21)22-20;10*1-2;;/h5-12H,1-4H3;;;;;;;;;;;;. The molecule has 0 bridgehead atoms. The fraction of sp³-hybridized carbons (Fsp3) is 0.167. The van der Waals surface area contributed by atoms with E-state index in [1.807, 2.05) is 18.2 Å². The summed E-state index contributed by atoms with van der Waals surface area (Å²) in [5.74, 6) is 9.13. The predicted molar refractivity (Wildman–Crippen MR) is 141 cm³/mol. The minimum absolute atomic E-state index is 0. The van der Waals surface area contributed by atoms with E-state index in [1.165, 1.54) is 22.3 Å². The molecule has 0 radical (unpaired) electrons. The van der Waals surface area contributed by atoms with Gasteiger partial charge in [-0.3, -0.25) is 0 Å². The zero-order chi connectivity index (χ0) is 37.1. The Bertz CT molecular complexity index is 1250. The Morgan fingerprint density at radius 1 is 0.500 bits per heavy atom. The summed E-state index contributed by atoms with van der Waals surface area (Å²) in [6.45, 7) is 53.6. The van der Waals surface area contributed by atoms with Crippen LogP contribution in [-0.2, 0) is 98.5 Å². The molecule has 2 aromatic heterocycles. The third-order valence-electron chi connectivity index (χ3n) is 5.01. The van der Waals surface area contributed by atoms with E-state index < -0.39 is 20.2 Å². The van der Waals surface area contributed by atoms with Crippen LogP contribution in [0.3, 0.4) is 0 Å². The van der Waals surface area contributed by atoms with Crippen molar-refractivity contribution < 1.29 is 98.2 Å². The van der Waals surface area contributed by atoms with Crippen molar-refractivity contribution in [3.8, 4) is 0 Å². The van der Waals surface area contributed by atoms with Crippen molar-refractivity contribution in [3.63, 3.8) is 0 Å². The SMILES string of the molecule is Cc1cp(C2(p3cc(C)c(C)c3)OC(=O)c3ccccc32)cc1C.[C-]#[O+].[C-]#[O+].[C-]#[O+].[C-]#[O+].[C-]#[O+].[C-]#[O+].[C-]#[O+].[C-]#[O+].[C-]#[O+].[C-]#[O+].[Mo].[Mo]. The quantitative estimate of drug-likeness (QED) is 0.133. The molecule has 4 rings (SSSR count). The summed E-state index contributed by atoms with van der Waals surface area (Å²) in [6, 6.07) is 7.92. The van der Waals surface area contributed by atoms with Gasteiger partial charge < -0.3 is 4.74 Å². The van der Waals surface area contributed by atoms with E-state index in [1.54, 1.807) is 0 Å². The summed E-state index contributed by atoms with van der Waals surface area (Å²) in [5.41, 5.74) is 7.01. The van der Waals surface area contributed by atoms with Crippen LogP contribution in [0.1, 0.15) is 38.2 Å². The molecule has 3 heterocycles. The van der Waals surface area contributed by atoms with Crippen LogP contribution >= 0.6 is 15.1 Å². The van der Waals surface area contributed by atoms with Crippen LogP contribution in [0, 0.1) is 94.2 Å². The second-order valence-corrected chi connectivity index (χ2v) is 10.9. The van der Waals surface area contributed by atoms with Gasteiger partial charge in [0.25, 0.3) is 0 Å². The number of hydrogen-bond donors (Lipinski definition) is 0. The second kappa shape index (κ2) is 46.4. The van der Waals surface area contributed by atoms with Crippen LogP contribution in [0.2, 0.25) is 0 Å². The summed E-state index contributed by atoms with van der Waals surface area (Å²) in [4.78, 5) is 12.6. The third kappa shape index (κ3) is 18.9. The summed E-state index contributed by atoms with van der Waals surface area (Å²) >= 11 is 0. The van der Waals surface area contributed by atoms with Gasteiger partial charge in [0.05, 0.1) is 5.56 Å². The molecule has 16 heteroatoms. The molecule has 0 fully saturated rings. The van der Waals surface area contributed by atoms with Gasteiger partial charge in [0.15, 0.2) is 0 Å². The Morgan fingerprint density at radius 2 is 0.739 bits per heavy atom. The minimum Gasteiger partial charge on any atom is 0 e. The molecule has 0 N–H and O–H groups in total. The normalized spacial score (nSPS) is 8.48. The molecular weight excluding hydrogens is 806 g/mol. The summed E-state index contributed by atoms with van der Waals surface area (Å²) in [5, 5.41) is -0.545. The number of hydrogen-bond acceptors (Lipinski definition) is 2. The first-order valence-electron chi connectivity index (χ1n) is 10.1. The van der Waals surface area contributed by atoms with Crippen LogP contribution in [0.15, 0.2) is 47.5 Å². The Labute approximate surface area is 297 Å². The molecule has 234 valence electrons. The van der Waals surface area contributed by atoms with Gasteiger partial charge in [0.1, 0.15) is 0 Å². The van der Waals surface area contributed by atoms with Crippen molar-refractivity contribution in [2.75, 3.05) is 0 Å². The van der Waals surface area contributed by atoms with Gasteiger partial charge >= 0.3 is 119 Å². The van der Waals surface area contributed by atoms with Gasteiger partial charge in [-0.2, -0.15) is 0 Å². The molecule has 3 aromatic rings. The van der Waals surface area contributed by atoms with Crippen molar-refractivity contribution >= 4 is 21.0 Å². The fourth-order valence-electron chi connectivity index (χ4n) is 3.37. The largest absolute Gasteiger partial charge is 0 e. The molecule has 1 aliphatic rings. The van der Waals surface area contributed by atoms with Crippen LogP contribution in [-0.4, -0.2) is 5.97 Å². The van der Waals surface area contributed by atoms with E-state index in [2.05, 4.69) is 123 Å². The molecule has 0 aliphatic carbocycles. The van der Waals surface area contributed by atoms with Crippen molar-refractivity contribution in [2.45, 2.75) is 32.8 Å². The maximum absolute atomic E-state index is 12.6. The molecule has 0 saturated carbocycles. The summed E-state index contributed by atoms with van der Waals surface area (Å²) < 4.78 is 81.2. The van der Waals surface area contributed by atoms with Crippen LogP contribution < -0.4 is 0 Å². The number of carbonyl (C=O) groups is 1.